The van der Waals surface area contributed by atoms with Crippen molar-refractivity contribution in [1.29, 1.82) is 0 Å². The van der Waals surface area contributed by atoms with E-state index in [1.54, 1.807) is 13.3 Å². The molecule has 0 spiro atoms. The number of nitrogens with one attached hydrogen (secondary N) is 1. The van der Waals surface area contributed by atoms with Crippen molar-refractivity contribution in [3.8, 4) is 11.5 Å². The zero-order valence-electron chi connectivity index (χ0n) is 12.1. The fourth-order valence-electron chi connectivity index (χ4n) is 2.19. The monoisotopic (exact) mass is 272 g/mol. The van der Waals surface area contributed by atoms with E-state index in [4.69, 9.17) is 9.47 Å². The standard InChI is InChI=1S/C16H20N2O2/c1-4-20-15-9-13(10-18-11-15)16(17-2)12-6-5-7-14(8-12)19-3/h5-11,16-17H,4H2,1-3H3. The quantitative estimate of drug-likeness (QED) is 0.878. The van der Waals surface area contributed by atoms with Crippen molar-refractivity contribution in [2.75, 3.05) is 20.8 Å². The van der Waals surface area contributed by atoms with Crippen LogP contribution in [0, 0.1) is 0 Å². The van der Waals surface area contributed by atoms with Gasteiger partial charge >= 0.3 is 0 Å². The number of pyridine rings is 1. The minimum atomic E-state index is 0.0537. The Morgan fingerprint density at radius 2 is 1.95 bits per heavy atom. The molecular weight excluding hydrogens is 252 g/mol. The van der Waals surface area contributed by atoms with E-state index in [1.165, 1.54) is 0 Å². The van der Waals surface area contributed by atoms with Gasteiger partial charge in [0.2, 0.25) is 0 Å². The van der Waals surface area contributed by atoms with E-state index in [1.807, 2.05) is 44.4 Å². The Bertz CT molecular complexity index is 558. The minimum Gasteiger partial charge on any atom is -0.497 e. The number of hydrogen-bond acceptors (Lipinski definition) is 4. The summed E-state index contributed by atoms with van der Waals surface area (Å²) < 4.78 is 10.8. The lowest BCUT2D eigenvalue weighted by atomic mass is 10.00. The van der Waals surface area contributed by atoms with Crippen LogP contribution in [0.15, 0.2) is 42.7 Å². The Morgan fingerprint density at radius 3 is 2.65 bits per heavy atom. The van der Waals surface area contributed by atoms with E-state index >= 15 is 0 Å². The highest BCUT2D eigenvalue weighted by molar-refractivity contribution is 5.37. The molecule has 4 nitrogen and oxygen atoms in total. The second-order valence-electron chi connectivity index (χ2n) is 4.39. The molecule has 0 radical (unpaired) electrons. The van der Waals surface area contributed by atoms with Gasteiger partial charge in [-0.3, -0.25) is 4.98 Å². The van der Waals surface area contributed by atoms with Crippen molar-refractivity contribution < 1.29 is 9.47 Å². The Balaban J connectivity index is 2.33. The normalized spacial score (nSPS) is 11.9. The maximum absolute atomic E-state index is 5.51. The average molecular weight is 272 g/mol. The van der Waals surface area contributed by atoms with Gasteiger partial charge in [0.05, 0.1) is 26.0 Å². The maximum atomic E-state index is 5.51. The average Bonchev–Trinajstić information content (AvgIpc) is 2.49. The highest BCUT2D eigenvalue weighted by atomic mass is 16.5. The zero-order chi connectivity index (χ0) is 14.4. The van der Waals surface area contributed by atoms with Gasteiger partial charge in [0, 0.05) is 6.20 Å². The van der Waals surface area contributed by atoms with E-state index in [9.17, 15) is 0 Å². The summed E-state index contributed by atoms with van der Waals surface area (Å²) in [5, 5.41) is 3.30. The zero-order valence-corrected chi connectivity index (χ0v) is 12.1. The van der Waals surface area contributed by atoms with Crippen LogP contribution in [0.2, 0.25) is 0 Å². The van der Waals surface area contributed by atoms with Gasteiger partial charge in [0.25, 0.3) is 0 Å². The molecule has 4 heteroatoms. The van der Waals surface area contributed by atoms with E-state index < -0.39 is 0 Å². The van der Waals surface area contributed by atoms with Crippen molar-refractivity contribution in [1.82, 2.24) is 10.3 Å². The SMILES string of the molecule is CCOc1cncc(C(NC)c2cccc(OC)c2)c1. The molecule has 0 saturated heterocycles. The first kappa shape index (κ1) is 14.3. The molecule has 0 saturated carbocycles. The third kappa shape index (κ3) is 3.27. The molecule has 20 heavy (non-hydrogen) atoms. The lowest BCUT2D eigenvalue weighted by molar-refractivity contribution is 0.338. The largest absolute Gasteiger partial charge is 0.497 e. The molecule has 1 aromatic carbocycles. The second kappa shape index (κ2) is 6.91. The molecule has 1 N–H and O–H groups in total. The number of benzene rings is 1. The molecule has 1 unspecified atom stereocenters. The first-order valence-corrected chi connectivity index (χ1v) is 6.67. The summed E-state index contributed by atoms with van der Waals surface area (Å²) in [5.74, 6) is 1.63. The smallest absolute Gasteiger partial charge is 0.137 e. The van der Waals surface area contributed by atoms with Gasteiger partial charge in [-0.1, -0.05) is 12.1 Å². The molecule has 0 aliphatic carbocycles. The molecule has 2 aromatic rings. The molecule has 0 aliphatic rings. The summed E-state index contributed by atoms with van der Waals surface area (Å²) in [4.78, 5) is 4.24. The van der Waals surface area contributed by atoms with Gasteiger partial charge in [-0.25, -0.2) is 0 Å². The van der Waals surface area contributed by atoms with E-state index in [0.717, 1.165) is 22.6 Å². The van der Waals surface area contributed by atoms with Crippen molar-refractivity contribution >= 4 is 0 Å². The predicted octanol–water partition coefficient (Wildman–Crippen LogP) is 2.80. The number of hydrogen-bond donors (Lipinski definition) is 1. The first-order valence-electron chi connectivity index (χ1n) is 6.67. The number of nitrogens with zero attached hydrogens (tertiary/aromatic N) is 1. The predicted molar refractivity (Wildman–Crippen MR) is 79.3 cm³/mol. The summed E-state index contributed by atoms with van der Waals surface area (Å²) in [6.45, 7) is 2.60. The summed E-state index contributed by atoms with van der Waals surface area (Å²) in [6.07, 6.45) is 3.58. The van der Waals surface area contributed by atoms with Crippen LogP contribution in [0.1, 0.15) is 24.1 Å². The van der Waals surface area contributed by atoms with Gasteiger partial charge < -0.3 is 14.8 Å². The van der Waals surface area contributed by atoms with Crippen LogP contribution in [0.3, 0.4) is 0 Å². The fraction of sp³-hybridized carbons (Fsp3) is 0.312. The molecule has 0 aliphatic heterocycles. The van der Waals surface area contributed by atoms with Crippen molar-refractivity contribution in [3.05, 3.63) is 53.9 Å². The molecule has 2 rings (SSSR count). The Kier molecular flexibility index (Phi) is 4.96. The van der Waals surface area contributed by atoms with Crippen molar-refractivity contribution in [3.63, 3.8) is 0 Å². The third-order valence-electron chi connectivity index (χ3n) is 3.09. The topological polar surface area (TPSA) is 43.4 Å². The molecule has 1 aromatic heterocycles. The maximum Gasteiger partial charge on any atom is 0.137 e. The van der Waals surface area contributed by atoms with Crippen molar-refractivity contribution in [2.24, 2.45) is 0 Å². The molecule has 0 fully saturated rings. The van der Waals surface area contributed by atoms with Crippen LogP contribution in [-0.4, -0.2) is 25.7 Å². The highest BCUT2D eigenvalue weighted by Crippen LogP contribution is 2.26. The molecule has 106 valence electrons. The number of methoxy groups -OCH3 is 1. The van der Waals surface area contributed by atoms with Crippen LogP contribution >= 0.6 is 0 Å². The molecule has 0 amide bonds. The number of aromatic nitrogens is 1. The summed E-state index contributed by atoms with van der Waals surface area (Å²) in [5.41, 5.74) is 2.19. The summed E-state index contributed by atoms with van der Waals surface area (Å²) >= 11 is 0. The van der Waals surface area contributed by atoms with Gasteiger partial charge in [-0.2, -0.15) is 0 Å². The molecule has 1 heterocycles. The van der Waals surface area contributed by atoms with Crippen LogP contribution in [0.25, 0.3) is 0 Å². The second-order valence-corrected chi connectivity index (χ2v) is 4.39. The Hall–Kier alpha value is -2.07. The lowest BCUT2D eigenvalue weighted by Crippen LogP contribution is -2.18. The molecular formula is C16H20N2O2. The van der Waals surface area contributed by atoms with Gasteiger partial charge in [0.15, 0.2) is 0 Å². The van der Waals surface area contributed by atoms with E-state index in [0.29, 0.717) is 6.61 Å². The van der Waals surface area contributed by atoms with Crippen molar-refractivity contribution in [2.45, 2.75) is 13.0 Å². The van der Waals surface area contributed by atoms with E-state index in [2.05, 4.69) is 16.4 Å². The summed E-state index contributed by atoms with van der Waals surface area (Å²) in [7, 11) is 3.60. The van der Waals surface area contributed by atoms with Crippen LogP contribution in [-0.2, 0) is 0 Å². The summed E-state index contributed by atoms with van der Waals surface area (Å²) in [6, 6.07) is 10.1. The van der Waals surface area contributed by atoms with Crippen LogP contribution < -0.4 is 14.8 Å². The first-order chi connectivity index (χ1) is 9.78. The van der Waals surface area contributed by atoms with E-state index in [-0.39, 0.29) is 6.04 Å². The fourth-order valence-corrected chi connectivity index (χ4v) is 2.19. The Labute approximate surface area is 119 Å². The van der Waals surface area contributed by atoms with Crippen LogP contribution in [0.4, 0.5) is 0 Å². The van der Waals surface area contributed by atoms with Crippen LogP contribution in [0.5, 0.6) is 11.5 Å². The minimum absolute atomic E-state index is 0.0537. The van der Waals surface area contributed by atoms with Gasteiger partial charge in [0.1, 0.15) is 11.5 Å². The van der Waals surface area contributed by atoms with Gasteiger partial charge in [-0.05, 0) is 43.3 Å². The molecule has 0 bridgehead atoms. The number of rotatable bonds is 6. The number of ether oxygens (including phenoxy) is 2. The third-order valence-corrected chi connectivity index (χ3v) is 3.09. The highest BCUT2D eigenvalue weighted by Gasteiger charge is 2.13. The lowest BCUT2D eigenvalue weighted by Gasteiger charge is -2.18. The molecule has 1 atom stereocenters. The Morgan fingerprint density at radius 1 is 1.15 bits per heavy atom. The van der Waals surface area contributed by atoms with Gasteiger partial charge in [-0.15, -0.1) is 0 Å².